The van der Waals surface area contributed by atoms with Gasteiger partial charge in [-0.05, 0) is 25.2 Å². The van der Waals surface area contributed by atoms with E-state index in [2.05, 4.69) is 27.7 Å². The molecule has 2 atom stereocenters. The van der Waals surface area contributed by atoms with Gasteiger partial charge in [0.25, 0.3) is 0 Å². The largest absolute Gasteiger partial charge is 0.462 e. The molecule has 0 saturated carbocycles. The average molecular weight is 653 g/mol. The van der Waals surface area contributed by atoms with Crippen LogP contribution in [0, 0.1) is 5.92 Å². The van der Waals surface area contributed by atoms with Crippen LogP contribution in [0.25, 0.3) is 0 Å². The molecule has 0 spiro atoms. The van der Waals surface area contributed by atoms with E-state index in [1.165, 1.54) is 109 Å². The van der Waals surface area contributed by atoms with Crippen molar-refractivity contribution < 1.29 is 28.6 Å². The van der Waals surface area contributed by atoms with Crippen LogP contribution in [-0.2, 0) is 28.6 Å². The highest BCUT2D eigenvalue weighted by atomic mass is 16.6. The van der Waals surface area contributed by atoms with Crippen molar-refractivity contribution in [3.63, 3.8) is 0 Å². The number of unbranched alkanes of at least 4 members (excludes halogenated alkanes) is 21. The number of carbonyl (C=O) groups is 3. The molecule has 0 rings (SSSR count). The van der Waals surface area contributed by atoms with Gasteiger partial charge >= 0.3 is 17.9 Å². The van der Waals surface area contributed by atoms with Gasteiger partial charge in [0.15, 0.2) is 6.10 Å². The van der Waals surface area contributed by atoms with E-state index in [0.717, 1.165) is 63.7 Å². The topological polar surface area (TPSA) is 78.9 Å². The van der Waals surface area contributed by atoms with Crippen LogP contribution < -0.4 is 0 Å². The summed E-state index contributed by atoms with van der Waals surface area (Å²) in [4.78, 5) is 37.2. The maximum Gasteiger partial charge on any atom is 0.306 e. The zero-order chi connectivity index (χ0) is 33.9. The fraction of sp³-hybridized carbons (Fsp3) is 0.925. The van der Waals surface area contributed by atoms with Crippen LogP contribution >= 0.6 is 0 Å². The Balaban J connectivity index is 4.24. The molecule has 0 radical (unpaired) electrons. The molecule has 0 aliphatic heterocycles. The Bertz CT molecular complexity index is 693. The number of ether oxygens (including phenoxy) is 3. The van der Waals surface area contributed by atoms with Crippen LogP contribution in [0.5, 0.6) is 0 Å². The number of hydrogen-bond acceptors (Lipinski definition) is 6. The van der Waals surface area contributed by atoms with Crippen molar-refractivity contribution in [3.8, 4) is 0 Å². The van der Waals surface area contributed by atoms with Crippen LogP contribution in [0.4, 0.5) is 0 Å². The lowest BCUT2D eigenvalue weighted by Crippen LogP contribution is -2.30. The van der Waals surface area contributed by atoms with Crippen LogP contribution in [0.15, 0.2) is 0 Å². The molecule has 0 amide bonds. The predicted molar refractivity (Wildman–Crippen MR) is 192 cm³/mol. The summed E-state index contributed by atoms with van der Waals surface area (Å²) in [7, 11) is 0. The van der Waals surface area contributed by atoms with Gasteiger partial charge in [-0.25, -0.2) is 0 Å². The maximum absolute atomic E-state index is 12.5. The van der Waals surface area contributed by atoms with Crippen LogP contribution in [0.1, 0.15) is 214 Å². The molecular formula is C40H76O6. The van der Waals surface area contributed by atoms with Gasteiger partial charge in [-0.2, -0.15) is 0 Å². The van der Waals surface area contributed by atoms with Crippen molar-refractivity contribution in [3.05, 3.63) is 0 Å². The summed E-state index contributed by atoms with van der Waals surface area (Å²) in [5.74, 6) is -0.00629. The summed E-state index contributed by atoms with van der Waals surface area (Å²) >= 11 is 0. The first-order valence-corrected chi connectivity index (χ1v) is 19.9. The normalized spacial score (nSPS) is 12.5. The van der Waals surface area contributed by atoms with Gasteiger partial charge in [-0.3, -0.25) is 14.4 Å². The zero-order valence-corrected chi connectivity index (χ0v) is 31.0. The fourth-order valence-corrected chi connectivity index (χ4v) is 5.71. The Labute approximate surface area is 285 Å². The number of rotatable bonds is 35. The molecule has 1 unspecified atom stereocenters. The van der Waals surface area contributed by atoms with Crippen molar-refractivity contribution in [1.82, 2.24) is 0 Å². The fourth-order valence-electron chi connectivity index (χ4n) is 5.71. The molecule has 0 aromatic carbocycles. The zero-order valence-electron chi connectivity index (χ0n) is 31.0. The third-order valence-electron chi connectivity index (χ3n) is 9.15. The van der Waals surface area contributed by atoms with Crippen molar-refractivity contribution in [2.45, 2.75) is 220 Å². The third-order valence-corrected chi connectivity index (χ3v) is 9.15. The molecule has 0 heterocycles. The Morgan fingerprint density at radius 2 is 0.761 bits per heavy atom. The SMILES string of the molecule is CCCCCCCCCC(=O)OC[C@H](COC(=O)CCCCCCCCCCCCC(C)CC)OC(=O)CCCCCCCCC. The van der Waals surface area contributed by atoms with Gasteiger partial charge in [-0.1, -0.05) is 175 Å². The van der Waals surface area contributed by atoms with E-state index in [0.29, 0.717) is 19.3 Å². The second-order valence-electron chi connectivity index (χ2n) is 13.8. The van der Waals surface area contributed by atoms with Gasteiger partial charge < -0.3 is 14.2 Å². The van der Waals surface area contributed by atoms with E-state index in [1.807, 2.05) is 0 Å². The highest BCUT2D eigenvalue weighted by molar-refractivity contribution is 5.71. The van der Waals surface area contributed by atoms with E-state index in [9.17, 15) is 14.4 Å². The summed E-state index contributed by atoms with van der Waals surface area (Å²) in [6.45, 7) is 8.91. The van der Waals surface area contributed by atoms with E-state index in [-0.39, 0.29) is 31.1 Å². The van der Waals surface area contributed by atoms with Crippen molar-refractivity contribution in [2.24, 2.45) is 5.92 Å². The molecule has 272 valence electrons. The Morgan fingerprint density at radius 3 is 1.13 bits per heavy atom. The molecule has 6 nitrogen and oxygen atoms in total. The van der Waals surface area contributed by atoms with E-state index < -0.39 is 6.10 Å². The number of hydrogen-bond donors (Lipinski definition) is 0. The highest BCUT2D eigenvalue weighted by Gasteiger charge is 2.19. The number of esters is 3. The van der Waals surface area contributed by atoms with Crippen LogP contribution in [-0.4, -0.2) is 37.2 Å². The molecule has 46 heavy (non-hydrogen) atoms. The van der Waals surface area contributed by atoms with Gasteiger partial charge in [-0.15, -0.1) is 0 Å². The van der Waals surface area contributed by atoms with Crippen molar-refractivity contribution in [2.75, 3.05) is 13.2 Å². The Morgan fingerprint density at radius 1 is 0.435 bits per heavy atom. The van der Waals surface area contributed by atoms with E-state index >= 15 is 0 Å². The summed E-state index contributed by atoms with van der Waals surface area (Å²) in [5.41, 5.74) is 0. The molecular weight excluding hydrogens is 576 g/mol. The van der Waals surface area contributed by atoms with Gasteiger partial charge in [0.05, 0.1) is 0 Å². The first-order valence-electron chi connectivity index (χ1n) is 19.9. The minimum absolute atomic E-state index is 0.0658. The highest BCUT2D eigenvalue weighted by Crippen LogP contribution is 2.16. The summed E-state index contributed by atoms with van der Waals surface area (Å²) in [5, 5.41) is 0. The van der Waals surface area contributed by atoms with Crippen LogP contribution in [0.3, 0.4) is 0 Å². The molecule has 0 aliphatic rings. The first kappa shape index (κ1) is 44.4. The molecule has 0 aliphatic carbocycles. The minimum atomic E-state index is -0.756. The molecule has 0 N–H and O–H groups in total. The Kier molecular flexibility index (Phi) is 33.5. The minimum Gasteiger partial charge on any atom is -0.462 e. The lowest BCUT2D eigenvalue weighted by Gasteiger charge is -2.18. The van der Waals surface area contributed by atoms with E-state index in [4.69, 9.17) is 14.2 Å². The van der Waals surface area contributed by atoms with E-state index in [1.54, 1.807) is 0 Å². The number of carbonyl (C=O) groups excluding carboxylic acids is 3. The smallest absolute Gasteiger partial charge is 0.306 e. The lowest BCUT2D eigenvalue weighted by molar-refractivity contribution is -0.167. The molecule has 6 heteroatoms. The molecule has 0 bridgehead atoms. The van der Waals surface area contributed by atoms with Crippen LogP contribution in [0.2, 0.25) is 0 Å². The Hall–Kier alpha value is -1.59. The van der Waals surface area contributed by atoms with Crippen molar-refractivity contribution in [1.29, 1.82) is 0 Å². The van der Waals surface area contributed by atoms with Gasteiger partial charge in [0.1, 0.15) is 13.2 Å². The molecule has 0 aromatic rings. The monoisotopic (exact) mass is 653 g/mol. The lowest BCUT2D eigenvalue weighted by atomic mass is 9.99. The third kappa shape index (κ3) is 32.4. The van der Waals surface area contributed by atoms with Crippen molar-refractivity contribution >= 4 is 17.9 Å². The quantitative estimate of drug-likeness (QED) is 0.0385. The van der Waals surface area contributed by atoms with Gasteiger partial charge in [0, 0.05) is 19.3 Å². The molecule has 0 aromatic heterocycles. The second kappa shape index (κ2) is 34.7. The summed E-state index contributed by atoms with van der Waals surface area (Å²) < 4.78 is 16.5. The first-order chi connectivity index (χ1) is 22.4. The molecule has 0 saturated heterocycles. The standard InChI is InChI=1S/C40H76O6/c1-5-8-10-12-18-23-27-31-38(41)44-34-37(46-40(43)33-29-25-19-13-11-9-6-2)35-45-39(42)32-28-24-21-17-15-14-16-20-22-26-30-36(4)7-3/h36-37H,5-35H2,1-4H3/t36?,37-/m1/s1. The summed E-state index contributed by atoms with van der Waals surface area (Å²) in [6.07, 6.45) is 31.0. The molecule has 0 fully saturated rings. The average Bonchev–Trinajstić information content (AvgIpc) is 3.05. The maximum atomic E-state index is 12.5. The predicted octanol–water partition coefficient (Wildman–Crippen LogP) is 12.0. The summed E-state index contributed by atoms with van der Waals surface area (Å²) in [6, 6.07) is 0. The van der Waals surface area contributed by atoms with Gasteiger partial charge in [0.2, 0.25) is 0 Å². The second-order valence-corrected chi connectivity index (χ2v) is 13.8.